The van der Waals surface area contributed by atoms with Gasteiger partial charge in [-0.25, -0.2) is 0 Å². The quantitative estimate of drug-likeness (QED) is 0.334. The zero-order chi connectivity index (χ0) is 13.6. The summed E-state index contributed by atoms with van der Waals surface area (Å²) >= 11 is 5.51. The molecule has 0 fully saturated rings. The summed E-state index contributed by atoms with van der Waals surface area (Å²) in [4.78, 5) is 0. The number of benzene rings is 1. The number of ether oxygens (including phenoxy) is 1. The van der Waals surface area contributed by atoms with E-state index in [-0.39, 0.29) is 19.1 Å². The van der Waals surface area contributed by atoms with E-state index in [1.165, 1.54) is 0 Å². The van der Waals surface area contributed by atoms with Gasteiger partial charge in [-0.1, -0.05) is 50.7 Å². The molecule has 0 saturated carbocycles. The lowest BCUT2D eigenvalue weighted by Crippen LogP contribution is -2.11. The second kappa shape index (κ2) is 7.69. The molecule has 102 valence electrons. The Morgan fingerprint density at radius 2 is 1.83 bits per heavy atom. The van der Waals surface area contributed by atoms with Gasteiger partial charge in [-0.15, -0.1) is 0 Å². The number of halogens is 5. The van der Waals surface area contributed by atoms with Gasteiger partial charge in [0.25, 0.3) is 0 Å². The van der Waals surface area contributed by atoms with Crippen LogP contribution in [-0.2, 0) is 4.74 Å². The molecule has 0 bridgehead atoms. The summed E-state index contributed by atoms with van der Waals surface area (Å²) in [6, 6.07) is 7.62. The molecule has 1 aromatic rings. The fourth-order valence-electron chi connectivity index (χ4n) is 1.41. The topological polar surface area (TPSA) is 9.23 Å². The highest BCUT2D eigenvalue weighted by Gasteiger charge is 2.26. The van der Waals surface area contributed by atoms with Crippen LogP contribution in [0.3, 0.4) is 0 Å². The number of hydrogen-bond donors (Lipinski definition) is 0. The van der Waals surface area contributed by atoms with Crippen LogP contribution in [0.25, 0.3) is 0 Å². The van der Waals surface area contributed by atoms with Crippen LogP contribution in [0.1, 0.15) is 24.5 Å². The molecule has 1 aromatic carbocycles. The summed E-state index contributed by atoms with van der Waals surface area (Å²) in [5.41, 5.74) is 0.986. The average Bonchev–Trinajstić information content (AvgIpc) is 2.29. The van der Waals surface area contributed by atoms with Gasteiger partial charge >= 0.3 is 6.18 Å². The molecular weight excluding hydrogens is 424 g/mol. The van der Waals surface area contributed by atoms with E-state index in [4.69, 9.17) is 4.74 Å². The maximum atomic E-state index is 12.0. The standard InChI is InChI=1S/C12H13BrF3IO/c13-10-4-2-9(3-5-10)11(8-17)18-7-1-6-12(14,15)16/h2-5,11H,1,6-8H2. The maximum absolute atomic E-state index is 12.0. The van der Waals surface area contributed by atoms with Crippen molar-refractivity contribution in [2.75, 3.05) is 11.0 Å². The van der Waals surface area contributed by atoms with Crippen molar-refractivity contribution in [2.24, 2.45) is 0 Å². The van der Waals surface area contributed by atoms with Gasteiger partial charge in [0.2, 0.25) is 0 Å². The van der Waals surface area contributed by atoms with E-state index in [9.17, 15) is 13.2 Å². The molecule has 0 aromatic heterocycles. The first kappa shape index (κ1) is 16.2. The summed E-state index contributed by atoms with van der Waals surface area (Å²) in [6.07, 6.45) is -5.03. The first-order valence-corrected chi connectivity index (χ1v) is 7.74. The van der Waals surface area contributed by atoms with Crippen LogP contribution < -0.4 is 0 Å². The van der Waals surface area contributed by atoms with Crippen molar-refractivity contribution in [1.29, 1.82) is 0 Å². The van der Waals surface area contributed by atoms with Crippen LogP contribution in [0.15, 0.2) is 28.7 Å². The van der Waals surface area contributed by atoms with Crippen LogP contribution in [0.2, 0.25) is 0 Å². The first-order valence-electron chi connectivity index (χ1n) is 5.42. The monoisotopic (exact) mass is 436 g/mol. The fraction of sp³-hybridized carbons (Fsp3) is 0.500. The van der Waals surface area contributed by atoms with Gasteiger partial charge in [-0.3, -0.25) is 0 Å². The van der Waals surface area contributed by atoms with E-state index in [2.05, 4.69) is 38.5 Å². The van der Waals surface area contributed by atoms with Crippen LogP contribution >= 0.6 is 38.5 Å². The van der Waals surface area contributed by atoms with Gasteiger partial charge in [-0.05, 0) is 24.1 Å². The predicted octanol–water partition coefficient (Wildman–Crippen LogP) is 5.28. The molecule has 0 aliphatic carbocycles. The number of rotatable bonds is 6. The van der Waals surface area contributed by atoms with Crippen molar-refractivity contribution in [2.45, 2.75) is 25.1 Å². The maximum Gasteiger partial charge on any atom is 0.389 e. The lowest BCUT2D eigenvalue weighted by molar-refractivity contribution is -0.138. The minimum absolute atomic E-state index is 0.00711. The van der Waals surface area contributed by atoms with Crippen molar-refractivity contribution >= 4 is 38.5 Å². The molecule has 1 unspecified atom stereocenters. The lowest BCUT2D eigenvalue weighted by atomic mass is 10.1. The third-order valence-corrected chi connectivity index (χ3v) is 3.63. The lowest BCUT2D eigenvalue weighted by Gasteiger charge is -2.16. The molecule has 0 aliphatic heterocycles. The van der Waals surface area contributed by atoms with Gasteiger partial charge in [0.1, 0.15) is 0 Å². The second-order valence-corrected chi connectivity index (χ2v) is 5.58. The van der Waals surface area contributed by atoms with E-state index in [1.54, 1.807) is 0 Å². The van der Waals surface area contributed by atoms with Crippen molar-refractivity contribution in [1.82, 2.24) is 0 Å². The zero-order valence-corrected chi connectivity index (χ0v) is 13.3. The van der Waals surface area contributed by atoms with Crippen molar-refractivity contribution in [3.05, 3.63) is 34.3 Å². The summed E-state index contributed by atoms with van der Waals surface area (Å²) in [5, 5.41) is 0. The molecule has 0 aliphatic rings. The largest absolute Gasteiger partial charge is 0.389 e. The zero-order valence-electron chi connectivity index (χ0n) is 9.51. The van der Waals surface area contributed by atoms with Crippen LogP contribution in [0.5, 0.6) is 0 Å². The molecule has 0 spiro atoms. The minimum atomic E-state index is -4.10. The molecule has 1 nitrogen and oxygen atoms in total. The fourth-order valence-corrected chi connectivity index (χ4v) is 2.43. The molecule has 1 rings (SSSR count). The molecule has 6 heteroatoms. The van der Waals surface area contributed by atoms with Gasteiger partial charge in [0.05, 0.1) is 6.10 Å². The predicted molar refractivity (Wildman–Crippen MR) is 77.0 cm³/mol. The molecule has 0 saturated heterocycles. The van der Waals surface area contributed by atoms with E-state index in [0.29, 0.717) is 4.43 Å². The normalized spacial score (nSPS) is 13.6. The highest BCUT2D eigenvalue weighted by molar-refractivity contribution is 14.1. The third-order valence-electron chi connectivity index (χ3n) is 2.31. The van der Waals surface area contributed by atoms with Gasteiger partial charge in [0.15, 0.2) is 0 Å². The van der Waals surface area contributed by atoms with E-state index >= 15 is 0 Å². The van der Waals surface area contributed by atoms with Crippen LogP contribution in [0.4, 0.5) is 13.2 Å². The van der Waals surface area contributed by atoms with Crippen LogP contribution in [-0.4, -0.2) is 17.2 Å². The Morgan fingerprint density at radius 3 is 2.33 bits per heavy atom. The summed E-state index contributed by atoms with van der Waals surface area (Å²) in [6.45, 7) is 0.128. The second-order valence-electron chi connectivity index (χ2n) is 3.78. The molecule has 1 atom stereocenters. The first-order chi connectivity index (χ1) is 8.42. The average molecular weight is 437 g/mol. The van der Waals surface area contributed by atoms with Gasteiger partial charge in [0, 0.05) is 21.9 Å². The van der Waals surface area contributed by atoms with E-state index in [1.807, 2.05) is 24.3 Å². The summed E-state index contributed by atoms with van der Waals surface area (Å²) in [5.74, 6) is 0. The Labute approximate surface area is 126 Å². The molecule has 18 heavy (non-hydrogen) atoms. The summed E-state index contributed by atoms with van der Waals surface area (Å²) < 4.78 is 43.1. The van der Waals surface area contributed by atoms with Gasteiger partial charge < -0.3 is 4.74 Å². The van der Waals surface area contributed by atoms with Gasteiger partial charge in [-0.2, -0.15) is 13.2 Å². The van der Waals surface area contributed by atoms with E-state index in [0.717, 1.165) is 10.0 Å². The van der Waals surface area contributed by atoms with E-state index < -0.39 is 12.6 Å². The van der Waals surface area contributed by atoms with Crippen LogP contribution in [0, 0.1) is 0 Å². The molecular formula is C12H13BrF3IO. The molecule has 0 radical (unpaired) electrons. The Morgan fingerprint density at radius 1 is 1.22 bits per heavy atom. The molecule has 0 amide bonds. The Bertz CT molecular complexity index is 353. The Balaban J connectivity index is 2.40. The Kier molecular flexibility index (Phi) is 6.94. The van der Waals surface area contributed by atoms with Crippen molar-refractivity contribution in [3.8, 4) is 0 Å². The number of hydrogen-bond acceptors (Lipinski definition) is 1. The smallest absolute Gasteiger partial charge is 0.373 e. The highest BCUT2D eigenvalue weighted by atomic mass is 127. The Hall–Kier alpha value is 0.180. The number of alkyl halides is 4. The summed E-state index contributed by atoms with van der Waals surface area (Å²) in [7, 11) is 0. The highest BCUT2D eigenvalue weighted by Crippen LogP contribution is 2.24. The van der Waals surface area contributed by atoms with Crippen molar-refractivity contribution < 1.29 is 17.9 Å². The minimum Gasteiger partial charge on any atom is -0.373 e. The van der Waals surface area contributed by atoms with Crippen molar-refractivity contribution in [3.63, 3.8) is 0 Å². The molecule has 0 N–H and O–H groups in total. The SMILES string of the molecule is FC(F)(F)CCCOC(CI)c1ccc(Br)cc1. The third kappa shape index (κ3) is 6.38. The molecule has 0 heterocycles.